The molecule has 4 rings (SSSR count). The predicted molar refractivity (Wildman–Crippen MR) is 114 cm³/mol. The molecule has 1 saturated heterocycles. The van der Waals surface area contributed by atoms with Crippen LogP contribution in [0.25, 0.3) is 11.3 Å². The van der Waals surface area contributed by atoms with Crippen molar-refractivity contribution in [1.29, 1.82) is 0 Å². The van der Waals surface area contributed by atoms with Gasteiger partial charge in [0.1, 0.15) is 5.75 Å². The number of morpholine rings is 1. The SMILES string of the molecule is CN(C)Cc1ccc(Oc2cc(-c3cnc(N)nc3)nc(N3CCOCC3)n2)cc1. The highest BCUT2D eigenvalue weighted by Crippen LogP contribution is 2.27. The van der Waals surface area contributed by atoms with Gasteiger partial charge in [0.2, 0.25) is 17.8 Å². The predicted octanol–water partition coefficient (Wildman–Crippen LogP) is 2.21. The lowest BCUT2D eigenvalue weighted by Gasteiger charge is -2.27. The topological polar surface area (TPSA) is 103 Å². The molecule has 1 fully saturated rings. The van der Waals surface area contributed by atoms with Crippen LogP contribution in [-0.4, -0.2) is 65.2 Å². The summed E-state index contributed by atoms with van der Waals surface area (Å²) in [6.07, 6.45) is 3.29. The van der Waals surface area contributed by atoms with Crippen molar-refractivity contribution in [1.82, 2.24) is 24.8 Å². The van der Waals surface area contributed by atoms with Crippen molar-refractivity contribution >= 4 is 11.9 Å². The number of nitrogens with zero attached hydrogens (tertiary/aromatic N) is 6. The zero-order valence-corrected chi connectivity index (χ0v) is 17.2. The first-order valence-corrected chi connectivity index (χ1v) is 9.78. The van der Waals surface area contributed by atoms with Gasteiger partial charge in [0.25, 0.3) is 0 Å². The zero-order valence-electron chi connectivity index (χ0n) is 17.2. The van der Waals surface area contributed by atoms with E-state index in [0.29, 0.717) is 36.5 Å². The molecule has 0 radical (unpaired) electrons. The van der Waals surface area contributed by atoms with Gasteiger partial charge in [0, 0.05) is 43.7 Å². The molecule has 156 valence electrons. The Morgan fingerprint density at radius 1 is 1.07 bits per heavy atom. The van der Waals surface area contributed by atoms with E-state index in [9.17, 15) is 0 Å². The van der Waals surface area contributed by atoms with Crippen molar-refractivity contribution in [3.05, 3.63) is 48.3 Å². The van der Waals surface area contributed by atoms with Gasteiger partial charge in [-0.25, -0.2) is 15.0 Å². The Kier molecular flexibility index (Phi) is 6.01. The molecule has 3 aromatic rings. The Balaban J connectivity index is 1.63. The van der Waals surface area contributed by atoms with Gasteiger partial charge in [-0.05, 0) is 31.8 Å². The minimum Gasteiger partial charge on any atom is -0.439 e. The van der Waals surface area contributed by atoms with Crippen molar-refractivity contribution in [3.8, 4) is 22.9 Å². The Bertz CT molecular complexity index is 972. The van der Waals surface area contributed by atoms with E-state index in [4.69, 9.17) is 20.2 Å². The number of hydrogen-bond donors (Lipinski definition) is 1. The lowest BCUT2D eigenvalue weighted by Crippen LogP contribution is -2.37. The van der Waals surface area contributed by atoms with Gasteiger partial charge in [0.15, 0.2) is 0 Å². The summed E-state index contributed by atoms with van der Waals surface area (Å²) in [6, 6.07) is 9.78. The molecule has 30 heavy (non-hydrogen) atoms. The van der Waals surface area contributed by atoms with Gasteiger partial charge in [-0.1, -0.05) is 12.1 Å². The first kappa shape index (κ1) is 20.0. The average Bonchev–Trinajstić information content (AvgIpc) is 2.76. The van der Waals surface area contributed by atoms with Gasteiger partial charge in [-0.15, -0.1) is 0 Å². The second-order valence-electron chi connectivity index (χ2n) is 7.30. The number of anilines is 2. The highest BCUT2D eigenvalue weighted by molar-refractivity contribution is 5.60. The minimum atomic E-state index is 0.218. The van der Waals surface area contributed by atoms with E-state index in [0.717, 1.165) is 25.2 Å². The van der Waals surface area contributed by atoms with Crippen LogP contribution < -0.4 is 15.4 Å². The quantitative estimate of drug-likeness (QED) is 0.659. The standard InChI is InChI=1S/C21H25N7O2/c1-27(2)14-15-3-5-17(6-4-15)30-19-11-18(16-12-23-20(22)24-13-16)25-21(26-19)28-7-9-29-10-8-28/h3-6,11-13H,7-10,14H2,1-2H3,(H2,22,23,24). The largest absolute Gasteiger partial charge is 0.439 e. The second kappa shape index (κ2) is 9.02. The molecule has 0 saturated carbocycles. The lowest BCUT2D eigenvalue weighted by molar-refractivity contribution is 0.122. The Labute approximate surface area is 175 Å². The molecule has 0 spiro atoms. The fraction of sp³-hybridized carbons (Fsp3) is 0.333. The number of ether oxygens (including phenoxy) is 2. The van der Waals surface area contributed by atoms with Crippen LogP contribution >= 0.6 is 0 Å². The van der Waals surface area contributed by atoms with Crippen LogP contribution in [0.2, 0.25) is 0 Å². The van der Waals surface area contributed by atoms with Crippen molar-refractivity contribution in [2.24, 2.45) is 0 Å². The number of aromatic nitrogens is 4. The molecule has 0 aliphatic carbocycles. The summed E-state index contributed by atoms with van der Waals surface area (Å²) in [7, 11) is 4.09. The molecule has 0 bridgehead atoms. The van der Waals surface area contributed by atoms with Gasteiger partial charge in [-0.3, -0.25) is 0 Å². The monoisotopic (exact) mass is 407 g/mol. The number of nitrogen functional groups attached to an aromatic ring is 1. The van der Waals surface area contributed by atoms with Gasteiger partial charge >= 0.3 is 0 Å². The maximum Gasteiger partial charge on any atom is 0.229 e. The third kappa shape index (κ3) is 5.00. The molecule has 0 atom stereocenters. The van der Waals surface area contributed by atoms with E-state index in [1.807, 2.05) is 38.4 Å². The molecule has 1 aliphatic rings. The number of nitrogens with two attached hydrogens (primary N) is 1. The second-order valence-corrected chi connectivity index (χ2v) is 7.30. The summed E-state index contributed by atoms with van der Waals surface area (Å²) < 4.78 is 11.5. The highest BCUT2D eigenvalue weighted by atomic mass is 16.5. The van der Waals surface area contributed by atoms with Crippen molar-refractivity contribution < 1.29 is 9.47 Å². The first-order valence-electron chi connectivity index (χ1n) is 9.78. The smallest absolute Gasteiger partial charge is 0.229 e. The molecule has 2 N–H and O–H groups in total. The Morgan fingerprint density at radius 3 is 2.43 bits per heavy atom. The summed E-state index contributed by atoms with van der Waals surface area (Å²) in [4.78, 5) is 21.7. The molecule has 0 unspecified atom stereocenters. The van der Waals surface area contributed by atoms with E-state index in [1.165, 1.54) is 5.56 Å². The van der Waals surface area contributed by atoms with Crippen molar-refractivity contribution in [3.63, 3.8) is 0 Å². The fourth-order valence-electron chi connectivity index (χ4n) is 3.14. The van der Waals surface area contributed by atoms with Crippen molar-refractivity contribution in [2.75, 3.05) is 51.0 Å². The molecule has 1 aliphatic heterocycles. The molecule has 9 heteroatoms. The zero-order chi connectivity index (χ0) is 20.9. The van der Waals surface area contributed by atoms with E-state index in [-0.39, 0.29) is 5.95 Å². The van der Waals surface area contributed by atoms with Crippen LogP contribution in [-0.2, 0) is 11.3 Å². The molecular formula is C21H25N7O2. The number of rotatable bonds is 6. The van der Waals surface area contributed by atoms with E-state index >= 15 is 0 Å². The molecule has 1 aromatic carbocycles. The number of benzene rings is 1. The van der Waals surface area contributed by atoms with Gasteiger partial charge < -0.3 is 25.0 Å². The summed E-state index contributed by atoms with van der Waals surface area (Å²) in [5.41, 5.74) is 8.25. The molecule has 3 heterocycles. The molecule has 9 nitrogen and oxygen atoms in total. The summed E-state index contributed by atoms with van der Waals surface area (Å²) in [5, 5.41) is 0. The maximum absolute atomic E-state index is 6.07. The Morgan fingerprint density at radius 2 is 1.77 bits per heavy atom. The van der Waals surface area contributed by atoms with Crippen LogP contribution in [0, 0.1) is 0 Å². The van der Waals surface area contributed by atoms with Crippen LogP contribution in [0.3, 0.4) is 0 Å². The lowest BCUT2D eigenvalue weighted by atomic mass is 10.2. The van der Waals surface area contributed by atoms with Crippen LogP contribution in [0.5, 0.6) is 11.6 Å². The minimum absolute atomic E-state index is 0.218. The maximum atomic E-state index is 6.07. The average molecular weight is 407 g/mol. The molecule has 2 aromatic heterocycles. The summed E-state index contributed by atoms with van der Waals surface area (Å²) in [5.74, 6) is 1.98. The van der Waals surface area contributed by atoms with E-state index in [2.05, 4.69) is 24.8 Å². The van der Waals surface area contributed by atoms with Crippen molar-refractivity contribution in [2.45, 2.75) is 6.54 Å². The Hall–Kier alpha value is -3.30. The van der Waals surface area contributed by atoms with Crippen LogP contribution in [0.1, 0.15) is 5.56 Å². The first-order chi connectivity index (χ1) is 14.6. The fourth-order valence-corrected chi connectivity index (χ4v) is 3.14. The van der Waals surface area contributed by atoms with Gasteiger partial charge in [0.05, 0.1) is 18.9 Å². The summed E-state index contributed by atoms with van der Waals surface area (Å²) >= 11 is 0. The van der Waals surface area contributed by atoms with Gasteiger partial charge in [-0.2, -0.15) is 4.98 Å². The summed E-state index contributed by atoms with van der Waals surface area (Å²) in [6.45, 7) is 3.60. The third-order valence-corrected chi connectivity index (χ3v) is 4.60. The third-order valence-electron chi connectivity index (χ3n) is 4.60. The molecular weight excluding hydrogens is 382 g/mol. The van der Waals surface area contributed by atoms with Crippen LogP contribution in [0.15, 0.2) is 42.7 Å². The normalized spacial score (nSPS) is 14.2. The van der Waals surface area contributed by atoms with Crippen LogP contribution in [0.4, 0.5) is 11.9 Å². The highest BCUT2D eigenvalue weighted by Gasteiger charge is 2.17. The van der Waals surface area contributed by atoms with E-state index in [1.54, 1.807) is 18.5 Å². The number of hydrogen-bond acceptors (Lipinski definition) is 9. The molecule has 0 amide bonds. The van der Waals surface area contributed by atoms with E-state index < -0.39 is 0 Å².